The van der Waals surface area contributed by atoms with Gasteiger partial charge in [-0.3, -0.25) is 4.79 Å². The van der Waals surface area contributed by atoms with Crippen LogP contribution in [0, 0.1) is 0 Å². The number of rotatable bonds is 3. The molecule has 0 radical (unpaired) electrons. The largest absolute Gasteiger partial charge is 0.420 e. The summed E-state index contributed by atoms with van der Waals surface area (Å²) in [4.78, 5) is 14.2. The van der Waals surface area contributed by atoms with Crippen molar-refractivity contribution in [3.63, 3.8) is 0 Å². The van der Waals surface area contributed by atoms with E-state index in [1.54, 1.807) is 0 Å². The minimum atomic E-state index is 0.0835. The summed E-state index contributed by atoms with van der Waals surface area (Å²) in [5.74, 6) is 0.942. The Bertz CT molecular complexity index is 587. The van der Waals surface area contributed by atoms with Gasteiger partial charge in [0.2, 0.25) is 17.7 Å². The molecule has 5 nitrogen and oxygen atoms in total. The average Bonchev–Trinajstić information content (AvgIpc) is 2.81. The van der Waals surface area contributed by atoms with E-state index in [0.717, 1.165) is 31.5 Å². The van der Waals surface area contributed by atoms with Crippen LogP contribution in [0.25, 0.3) is 11.5 Å². The minimum Gasteiger partial charge on any atom is -0.420 e. The van der Waals surface area contributed by atoms with Crippen LogP contribution in [0.3, 0.4) is 0 Å². The van der Waals surface area contributed by atoms with Gasteiger partial charge < -0.3 is 9.32 Å². The molecule has 0 N–H and O–H groups in total. The molecule has 2 aromatic rings. The maximum absolute atomic E-state index is 12.3. The van der Waals surface area contributed by atoms with E-state index < -0.39 is 0 Å². The molecule has 2 heterocycles. The quantitative estimate of drug-likeness (QED) is 0.870. The first kappa shape index (κ1) is 13.8. The van der Waals surface area contributed by atoms with E-state index in [4.69, 9.17) is 4.42 Å². The highest BCUT2D eigenvalue weighted by Crippen LogP contribution is 2.18. The number of benzene rings is 1. The molecular weight excluding hydrogens is 266 g/mol. The number of carbonyl (C=O) groups excluding carboxylic acids is 1. The number of nitrogens with zero attached hydrogens (tertiary/aromatic N) is 3. The van der Waals surface area contributed by atoms with Crippen molar-refractivity contribution in [1.29, 1.82) is 0 Å². The van der Waals surface area contributed by atoms with E-state index in [0.29, 0.717) is 11.8 Å². The summed E-state index contributed by atoms with van der Waals surface area (Å²) >= 11 is 0. The van der Waals surface area contributed by atoms with Gasteiger partial charge in [-0.15, -0.1) is 10.2 Å². The fraction of sp³-hybridized carbons (Fsp3) is 0.438. The van der Waals surface area contributed by atoms with Gasteiger partial charge in [-0.2, -0.15) is 0 Å². The van der Waals surface area contributed by atoms with Crippen LogP contribution in [0.2, 0.25) is 0 Å². The molecule has 1 aliphatic heterocycles. The lowest BCUT2D eigenvalue weighted by Gasteiger charge is -2.19. The molecule has 1 fully saturated rings. The lowest BCUT2D eigenvalue weighted by atomic mass is 10.2. The summed E-state index contributed by atoms with van der Waals surface area (Å²) in [7, 11) is 0. The number of amides is 1. The van der Waals surface area contributed by atoms with E-state index >= 15 is 0 Å². The maximum Gasteiger partial charge on any atom is 0.247 e. The molecule has 0 aliphatic carbocycles. The molecule has 21 heavy (non-hydrogen) atoms. The van der Waals surface area contributed by atoms with Crippen molar-refractivity contribution in [3.05, 3.63) is 36.2 Å². The molecule has 0 spiro atoms. The van der Waals surface area contributed by atoms with Gasteiger partial charge in [-0.25, -0.2) is 0 Å². The first-order valence-electron chi connectivity index (χ1n) is 7.48. The Morgan fingerprint density at radius 2 is 1.76 bits per heavy atom. The Morgan fingerprint density at radius 3 is 2.48 bits per heavy atom. The summed E-state index contributed by atoms with van der Waals surface area (Å²) in [5, 5.41) is 8.00. The van der Waals surface area contributed by atoms with Crippen molar-refractivity contribution < 1.29 is 9.21 Å². The normalized spacial score (nSPS) is 15.7. The van der Waals surface area contributed by atoms with Crippen molar-refractivity contribution in [2.24, 2.45) is 0 Å². The predicted octanol–water partition coefficient (Wildman–Crippen LogP) is 2.68. The molecular formula is C16H19N3O2. The molecule has 0 unspecified atom stereocenters. The Kier molecular flexibility index (Phi) is 4.28. The fourth-order valence-corrected chi connectivity index (χ4v) is 2.58. The van der Waals surface area contributed by atoms with Gasteiger partial charge in [0, 0.05) is 18.7 Å². The smallest absolute Gasteiger partial charge is 0.247 e. The van der Waals surface area contributed by atoms with Gasteiger partial charge in [-0.1, -0.05) is 31.0 Å². The van der Waals surface area contributed by atoms with Gasteiger partial charge in [0.1, 0.15) is 6.42 Å². The number of carbonyl (C=O) groups is 1. The number of aromatic nitrogens is 2. The second-order valence-corrected chi connectivity index (χ2v) is 5.34. The summed E-state index contributed by atoms with van der Waals surface area (Å²) < 4.78 is 5.59. The van der Waals surface area contributed by atoms with E-state index in [1.807, 2.05) is 35.2 Å². The zero-order chi connectivity index (χ0) is 14.5. The molecule has 0 saturated carbocycles. The second kappa shape index (κ2) is 6.52. The Hall–Kier alpha value is -2.17. The summed E-state index contributed by atoms with van der Waals surface area (Å²) in [6, 6.07) is 9.59. The third kappa shape index (κ3) is 3.48. The molecule has 1 saturated heterocycles. The van der Waals surface area contributed by atoms with Crippen LogP contribution in [0.15, 0.2) is 34.7 Å². The highest BCUT2D eigenvalue weighted by Gasteiger charge is 2.19. The van der Waals surface area contributed by atoms with E-state index in [-0.39, 0.29) is 12.3 Å². The standard InChI is InChI=1S/C16H19N3O2/c20-15(19-10-6-1-2-7-11-19)12-14-17-18-16(21-14)13-8-4-3-5-9-13/h3-5,8-9H,1-2,6-7,10-12H2. The molecule has 0 atom stereocenters. The molecule has 1 amide bonds. The van der Waals surface area contributed by atoms with Crippen molar-refractivity contribution in [2.45, 2.75) is 32.1 Å². The van der Waals surface area contributed by atoms with Crippen LogP contribution in [-0.4, -0.2) is 34.1 Å². The van der Waals surface area contributed by atoms with E-state index in [9.17, 15) is 4.79 Å². The first-order chi connectivity index (χ1) is 10.3. The molecule has 1 aromatic heterocycles. The zero-order valence-corrected chi connectivity index (χ0v) is 12.0. The highest BCUT2D eigenvalue weighted by atomic mass is 16.4. The van der Waals surface area contributed by atoms with Crippen LogP contribution in [0.1, 0.15) is 31.6 Å². The monoisotopic (exact) mass is 285 g/mol. The van der Waals surface area contributed by atoms with E-state index in [1.165, 1.54) is 12.8 Å². The van der Waals surface area contributed by atoms with E-state index in [2.05, 4.69) is 10.2 Å². The SMILES string of the molecule is O=C(Cc1nnc(-c2ccccc2)o1)N1CCCCCC1. The van der Waals surface area contributed by atoms with Gasteiger partial charge >= 0.3 is 0 Å². The molecule has 1 aromatic carbocycles. The van der Waals surface area contributed by atoms with Crippen molar-refractivity contribution in [2.75, 3.05) is 13.1 Å². The van der Waals surface area contributed by atoms with Crippen LogP contribution >= 0.6 is 0 Å². The van der Waals surface area contributed by atoms with Gasteiger partial charge in [0.05, 0.1) is 0 Å². The Balaban J connectivity index is 1.65. The van der Waals surface area contributed by atoms with Crippen LogP contribution in [0.4, 0.5) is 0 Å². The first-order valence-corrected chi connectivity index (χ1v) is 7.48. The summed E-state index contributed by atoms with van der Waals surface area (Å²) in [5.41, 5.74) is 0.874. The van der Waals surface area contributed by atoms with Crippen LogP contribution < -0.4 is 0 Å². The lowest BCUT2D eigenvalue weighted by Crippen LogP contribution is -2.33. The van der Waals surface area contributed by atoms with Crippen molar-refractivity contribution in [1.82, 2.24) is 15.1 Å². The Labute approximate surface area is 124 Å². The molecule has 5 heteroatoms. The third-order valence-corrected chi connectivity index (χ3v) is 3.75. The molecule has 3 rings (SSSR count). The number of hydrogen-bond acceptors (Lipinski definition) is 4. The topological polar surface area (TPSA) is 59.2 Å². The maximum atomic E-state index is 12.3. The van der Waals surface area contributed by atoms with Crippen molar-refractivity contribution in [3.8, 4) is 11.5 Å². The lowest BCUT2D eigenvalue weighted by molar-refractivity contribution is -0.130. The fourth-order valence-electron chi connectivity index (χ4n) is 2.58. The summed E-state index contributed by atoms with van der Waals surface area (Å²) in [6.45, 7) is 1.69. The molecule has 0 bridgehead atoms. The molecule has 110 valence electrons. The molecule has 1 aliphatic rings. The summed E-state index contributed by atoms with van der Waals surface area (Å²) in [6.07, 6.45) is 4.79. The van der Waals surface area contributed by atoms with Crippen LogP contribution in [-0.2, 0) is 11.2 Å². The third-order valence-electron chi connectivity index (χ3n) is 3.75. The van der Waals surface area contributed by atoms with Crippen LogP contribution in [0.5, 0.6) is 0 Å². The second-order valence-electron chi connectivity index (χ2n) is 5.34. The average molecular weight is 285 g/mol. The number of likely N-dealkylation sites (tertiary alicyclic amines) is 1. The minimum absolute atomic E-state index is 0.0835. The number of hydrogen-bond donors (Lipinski definition) is 0. The van der Waals surface area contributed by atoms with Gasteiger partial charge in [-0.05, 0) is 25.0 Å². The highest BCUT2D eigenvalue weighted by molar-refractivity contribution is 5.77. The predicted molar refractivity (Wildman–Crippen MR) is 78.5 cm³/mol. The zero-order valence-electron chi connectivity index (χ0n) is 12.0. The Morgan fingerprint density at radius 1 is 1.05 bits per heavy atom. The van der Waals surface area contributed by atoms with Gasteiger partial charge in [0.25, 0.3) is 0 Å². The van der Waals surface area contributed by atoms with Crippen molar-refractivity contribution >= 4 is 5.91 Å². The van der Waals surface area contributed by atoms with Gasteiger partial charge in [0.15, 0.2) is 0 Å².